The fraction of sp³-hybridized carbons (Fsp3) is 0.250. The van der Waals surface area contributed by atoms with E-state index in [1.807, 2.05) is 18.2 Å². The highest BCUT2D eigenvalue weighted by molar-refractivity contribution is 7.92. The first-order valence-electron chi connectivity index (χ1n) is 11.6. The quantitative estimate of drug-likeness (QED) is 0.328. The average molecular weight is 523 g/mol. The van der Waals surface area contributed by atoms with Crippen molar-refractivity contribution in [3.05, 3.63) is 83.4 Å². The number of anilines is 1. The standard InChI is InChI=1S/C28H30N2O6S/c1-28(2)17-19-9-10-21(34-3)14-23(19)24(29-28)16-25(31)18-7-6-8-20(13-18)30-37(32,33)27-15-22(35-4)11-12-26(27)36-5/h6-16,29-30H,17H2,1-5H3/b24-16-. The van der Waals surface area contributed by atoms with Crippen molar-refractivity contribution in [2.75, 3.05) is 26.1 Å². The van der Waals surface area contributed by atoms with Crippen molar-refractivity contribution in [1.29, 1.82) is 0 Å². The summed E-state index contributed by atoms with van der Waals surface area (Å²) in [6, 6.07) is 16.7. The van der Waals surface area contributed by atoms with Gasteiger partial charge in [0.15, 0.2) is 5.78 Å². The molecular formula is C28H30N2O6S. The first-order chi connectivity index (χ1) is 17.5. The zero-order valence-electron chi connectivity index (χ0n) is 21.4. The molecule has 0 saturated heterocycles. The zero-order chi connectivity index (χ0) is 26.8. The maximum atomic E-state index is 13.3. The van der Waals surface area contributed by atoms with Crippen LogP contribution in [-0.4, -0.2) is 41.1 Å². The fourth-order valence-electron chi connectivity index (χ4n) is 4.31. The number of nitrogens with one attached hydrogen (secondary N) is 2. The fourth-order valence-corrected chi connectivity index (χ4v) is 5.54. The van der Waals surface area contributed by atoms with Crippen molar-refractivity contribution >= 4 is 27.2 Å². The van der Waals surface area contributed by atoms with Crippen molar-refractivity contribution in [3.63, 3.8) is 0 Å². The maximum Gasteiger partial charge on any atom is 0.265 e. The number of carbonyl (C=O) groups is 1. The van der Waals surface area contributed by atoms with E-state index in [-0.39, 0.29) is 27.7 Å². The van der Waals surface area contributed by atoms with Gasteiger partial charge in [0, 0.05) is 40.2 Å². The summed E-state index contributed by atoms with van der Waals surface area (Å²) in [6.45, 7) is 4.14. The second-order valence-electron chi connectivity index (χ2n) is 9.33. The van der Waals surface area contributed by atoms with Crippen LogP contribution < -0.4 is 24.2 Å². The lowest BCUT2D eigenvalue weighted by Gasteiger charge is -2.35. The lowest BCUT2D eigenvalue weighted by molar-refractivity contribution is 0.104. The van der Waals surface area contributed by atoms with Gasteiger partial charge >= 0.3 is 0 Å². The summed E-state index contributed by atoms with van der Waals surface area (Å²) in [5.74, 6) is 0.971. The molecule has 0 fully saturated rings. The maximum absolute atomic E-state index is 13.3. The van der Waals surface area contributed by atoms with Crippen LogP contribution >= 0.6 is 0 Å². The van der Waals surface area contributed by atoms with Crippen LogP contribution in [0.1, 0.15) is 35.3 Å². The SMILES string of the molecule is COc1ccc2c(c1)/C(=C/C(=O)c1cccc(NS(=O)(=O)c3cc(OC)ccc3OC)c1)NC(C)(C)C2. The molecule has 3 aromatic rings. The Labute approximate surface area is 217 Å². The predicted octanol–water partition coefficient (Wildman–Crippen LogP) is 4.66. The number of fused-ring (bicyclic) bond motifs is 1. The van der Waals surface area contributed by atoms with Gasteiger partial charge in [-0.1, -0.05) is 18.2 Å². The predicted molar refractivity (Wildman–Crippen MR) is 143 cm³/mol. The van der Waals surface area contributed by atoms with Gasteiger partial charge < -0.3 is 19.5 Å². The molecule has 1 aliphatic heterocycles. The van der Waals surface area contributed by atoms with Crippen molar-refractivity contribution in [2.45, 2.75) is 30.7 Å². The lowest BCUT2D eigenvalue weighted by Crippen LogP contribution is -2.43. The molecule has 8 nitrogen and oxygen atoms in total. The molecule has 0 radical (unpaired) electrons. The van der Waals surface area contributed by atoms with E-state index in [9.17, 15) is 13.2 Å². The minimum Gasteiger partial charge on any atom is -0.497 e. The van der Waals surface area contributed by atoms with Gasteiger partial charge in [0.05, 0.1) is 21.3 Å². The third kappa shape index (κ3) is 5.72. The minimum absolute atomic E-state index is 0.0765. The van der Waals surface area contributed by atoms with E-state index in [4.69, 9.17) is 14.2 Å². The van der Waals surface area contributed by atoms with Crippen LogP contribution in [-0.2, 0) is 16.4 Å². The van der Waals surface area contributed by atoms with Crippen LogP contribution in [0.15, 0.2) is 71.6 Å². The van der Waals surface area contributed by atoms with E-state index in [1.54, 1.807) is 31.4 Å². The van der Waals surface area contributed by atoms with E-state index in [0.717, 1.165) is 17.5 Å². The number of benzene rings is 3. The summed E-state index contributed by atoms with van der Waals surface area (Å²) in [5, 5.41) is 3.45. The molecule has 9 heteroatoms. The number of sulfonamides is 1. The van der Waals surface area contributed by atoms with E-state index in [2.05, 4.69) is 23.9 Å². The molecule has 0 amide bonds. The molecular weight excluding hydrogens is 492 g/mol. The van der Waals surface area contributed by atoms with Gasteiger partial charge in [-0.15, -0.1) is 0 Å². The Morgan fingerprint density at radius 1 is 0.946 bits per heavy atom. The van der Waals surface area contributed by atoms with Crippen LogP contribution in [0.2, 0.25) is 0 Å². The molecule has 0 aliphatic carbocycles. The molecule has 0 unspecified atom stereocenters. The van der Waals surface area contributed by atoms with Gasteiger partial charge in [0.2, 0.25) is 0 Å². The summed E-state index contributed by atoms with van der Waals surface area (Å²) in [5.41, 5.74) is 3.02. The molecule has 0 bridgehead atoms. The summed E-state index contributed by atoms with van der Waals surface area (Å²) >= 11 is 0. The minimum atomic E-state index is -4.03. The summed E-state index contributed by atoms with van der Waals surface area (Å²) < 4.78 is 44.6. The Morgan fingerprint density at radius 3 is 2.35 bits per heavy atom. The highest BCUT2D eigenvalue weighted by Gasteiger charge is 2.28. The molecule has 1 aliphatic rings. The summed E-state index contributed by atoms with van der Waals surface area (Å²) in [4.78, 5) is 13.2. The first-order valence-corrected chi connectivity index (χ1v) is 13.1. The molecule has 37 heavy (non-hydrogen) atoms. The Hall–Kier alpha value is -3.98. The number of hydrogen-bond donors (Lipinski definition) is 2. The molecule has 4 rings (SSSR count). The van der Waals surface area contributed by atoms with Gasteiger partial charge in [-0.05, 0) is 62.2 Å². The number of ketones is 1. The topological polar surface area (TPSA) is 103 Å². The van der Waals surface area contributed by atoms with Crippen LogP contribution in [0.25, 0.3) is 5.70 Å². The average Bonchev–Trinajstić information content (AvgIpc) is 2.87. The highest BCUT2D eigenvalue weighted by Crippen LogP contribution is 2.33. The zero-order valence-corrected chi connectivity index (χ0v) is 22.2. The van der Waals surface area contributed by atoms with E-state index in [0.29, 0.717) is 22.8 Å². The number of rotatable bonds is 8. The number of carbonyl (C=O) groups excluding carboxylic acids is 1. The monoisotopic (exact) mass is 522 g/mol. The second-order valence-corrected chi connectivity index (χ2v) is 11.0. The van der Waals surface area contributed by atoms with Crippen molar-refractivity contribution in [2.24, 2.45) is 0 Å². The van der Waals surface area contributed by atoms with Gasteiger partial charge in [-0.25, -0.2) is 8.42 Å². The van der Waals surface area contributed by atoms with Crippen LogP contribution in [0, 0.1) is 0 Å². The Morgan fingerprint density at radius 2 is 1.65 bits per heavy atom. The molecule has 0 saturated carbocycles. The van der Waals surface area contributed by atoms with Crippen molar-refractivity contribution < 1.29 is 27.4 Å². The summed E-state index contributed by atoms with van der Waals surface area (Å²) in [7, 11) is 0.413. The van der Waals surface area contributed by atoms with Gasteiger partial charge in [-0.2, -0.15) is 0 Å². The second kappa shape index (κ2) is 10.2. The molecule has 0 spiro atoms. The smallest absolute Gasteiger partial charge is 0.265 e. The van der Waals surface area contributed by atoms with Crippen molar-refractivity contribution in [3.8, 4) is 17.2 Å². The highest BCUT2D eigenvalue weighted by atomic mass is 32.2. The molecule has 1 heterocycles. The van der Waals surface area contributed by atoms with Crippen LogP contribution in [0.3, 0.4) is 0 Å². The van der Waals surface area contributed by atoms with Crippen LogP contribution in [0.4, 0.5) is 5.69 Å². The largest absolute Gasteiger partial charge is 0.497 e. The van der Waals surface area contributed by atoms with Gasteiger partial charge in [0.25, 0.3) is 10.0 Å². The Bertz CT molecular complexity index is 1480. The number of allylic oxidation sites excluding steroid dienone is 1. The number of hydrogen-bond acceptors (Lipinski definition) is 7. The molecule has 0 atom stereocenters. The molecule has 194 valence electrons. The van der Waals surface area contributed by atoms with Crippen LogP contribution in [0.5, 0.6) is 17.2 Å². The van der Waals surface area contributed by atoms with E-state index < -0.39 is 10.0 Å². The van der Waals surface area contributed by atoms with E-state index >= 15 is 0 Å². The first kappa shape index (κ1) is 26.1. The lowest BCUT2D eigenvalue weighted by atomic mass is 9.85. The number of ether oxygens (including phenoxy) is 3. The third-order valence-electron chi connectivity index (χ3n) is 6.05. The summed E-state index contributed by atoms with van der Waals surface area (Å²) in [6.07, 6.45) is 2.33. The van der Waals surface area contributed by atoms with Gasteiger partial charge in [0.1, 0.15) is 22.1 Å². The molecule has 2 N–H and O–H groups in total. The Kier molecular flexibility index (Phi) is 7.18. The van der Waals surface area contributed by atoms with Gasteiger partial charge in [-0.3, -0.25) is 9.52 Å². The number of methoxy groups -OCH3 is 3. The molecule has 0 aromatic heterocycles. The van der Waals surface area contributed by atoms with E-state index in [1.165, 1.54) is 38.5 Å². The normalized spacial score (nSPS) is 15.3. The third-order valence-corrected chi connectivity index (χ3v) is 7.45. The molecule has 3 aromatic carbocycles. The Balaban J connectivity index is 1.65. The van der Waals surface area contributed by atoms with Crippen molar-refractivity contribution in [1.82, 2.24) is 5.32 Å².